The summed E-state index contributed by atoms with van der Waals surface area (Å²) in [6.45, 7) is 0.223. The standard InChI is InChI=1S/C22H25N3O5S/c1-24(14-16-7-3-2-4-8-16)21(26)15-25-19-12-11-18(13-20(19)30-22(25)27)31(28,29)23-17-9-5-6-10-17/h2-4,7-8,11-13,17,23H,5-6,9-10,14-15H2,1H3. The molecule has 31 heavy (non-hydrogen) atoms. The first-order chi connectivity index (χ1) is 14.8. The number of amides is 1. The molecule has 1 aliphatic carbocycles. The third-order valence-electron chi connectivity index (χ3n) is 5.61. The third kappa shape index (κ3) is 4.72. The molecule has 1 aliphatic rings. The number of carbonyl (C=O) groups is 1. The van der Waals surface area contributed by atoms with Crippen LogP contribution in [0.2, 0.25) is 0 Å². The highest BCUT2D eigenvalue weighted by Crippen LogP contribution is 2.23. The molecule has 0 radical (unpaired) electrons. The fraction of sp³-hybridized carbons (Fsp3) is 0.364. The number of rotatable bonds is 7. The van der Waals surface area contributed by atoms with Gasteiger partial charge in [-0.25, -0.2) is 17.9 Å². The summed E-state index contributed by atoms with van der Waals surface area (Å²) in [5.41, 5.74) is 1.50. The third-order valence-corrected chi connectivity index (χ3v) is 7.13. The minimum atomic E-state index is -3.71. The van der Waals surface area contributed by atoms with Gasteiger partial charge in [0.15, 0.2) is 5.58 Å². The van der Waals surface area contributed by atoms with Crippen molar-refractivity contribution in [3.63, 3.8) is 0 Å². The van der Waals surface area contributed by atoms with Gasteiger partial charge in [0.2, 0.25) is 15.9 Å². The van der Waals surface area contributed by atoms with Crippen LogP contribution in [-0.4, -0.2) is 36.9 Å². The molecule has 2 aromatic carbocycles. The largest absolute Gasteiger partial charge is 0.420 e. The Morgan fingerprint density at radius 1 is 1.16 bits per heavy atom. The molecular weight excluding hydrogens is 418 g/mol. The Labute approximate surface area is 180 Å². The van der Waals surface area contributed by atoms with Crippen molar-refractivity contribution in [3.8, 4) is 0 Å². The van der Waals surface area contributed by atoms with E-state index >= 15 is 0 Å². The van der Waals surface area contributed by atoms with Crippen LogP contribution in [0.3, 0.4) is 0 Å². The summed E-state index contributed by atoms with van der Waals surface area (Å²) in [6.07, 6.45) is 3.67. The van der Waals surface area contributed by atoms with Gasteiger partial charge in [0.25, 0.3) is 0 Å². The second kappa shape index (κ2) is 8.68. The van der Waals surface area contributed by atoms with Gasteiger partial charge in [-0.3, -0.25) is 9.36 Å². The number of nitrogens with zero attached hydrogens (tertiary/aromatic N) is 2. The molecule has 0 atom stereocenters. The van der Waals surface area contributed by atoms with Crippen LogP contribution in [0.1, 0.15) is 31.2 Å². The highest BCUT2D eigenvalue weighted by molar-refractivity contribution is 7.89. The van der Waals surface area contributed by atoms with Gasteiger partial charge in [-0.05, 0) is 30.5 Å². The predicted octanol–water partition coefficient (Wildman–Crippen LogP) is 2.47. The van der Waals surface area contributed by atoms with Gasteiger partial charge >= 0.3 is 5.76 Å². The topological polar surface area (TPSA) is 102 Å². The van der Waals surface area contributed by atoms with Crippen LogP contribution in [-0.2, 0) is 27.9 Å². The molecule has 9 heteroatoms. The van der Waals surface area contributed by atoms with E-state index in [-0.39, 0.29) is 29.0 Å². The minimum absolute atomic E-state index is 0.0420. The fourth-order valence-electron chi connectivity index (χ4n) is 3.90. The van der Waals surface area contributed by atoms with E-state index in [4.69, 9.17) is 4.42 Å². The van der Waals surface area contributed by atoms with Gasteiger partial charge in [0.05, 0.1) is 10.4 Å². The van der Waals surface area contributed by atoms with Crippen molar-refractivity contribution >= 4 is 27.0 Å². The first-order valence-corrected chi connectivity index (χ1v) is 11.8. The van der Waals surface area contributed by atoms with Crippen LogP contribution in [0.15, 0.2) is 62.6 Å². The van der Waals surface area contributed by atoms with Crippen molar-refractivity contribution in [1.82, 2.24) is 14.2 Å². The highest BCUT2D eigenvalue weighted by atomic mass is 32.2. The first kappa shape index (κ1) is 21.3. The Bertz CT molecular complexity index is 1240. The molecule has 1 aromatic heterocycles. The molecule has 0 spiro atoms. The van der Waals surface area contributed by atoms with Gasteiger partial charge in [0.1, 0.15) is 6.54 Å². The van der Waals surface area contributed by atoms with Gasteiger partial charge in [-0.15, -0.1) is 0 Å². The Morgan fingerprint density at radius 2 is 1.87 bits per heavy atom. The Hall–Kier alpha value is -2.91. The molecule has 3 aromatic rings. The smallest absolute Gasteiger partial charge is 0.408 e. The predicted molar refractivity (Wildman–Crippen MR) is 116 cm³/mol. The van der Waals surface area contributed by atoms with Crippen molar-refractivity contribution in [2.45, 2.75) is 49.7 Å². The van der Waals surface area contributed by atoms with Crippen LogP contribution >= 0.6 is 0 Å². The normalized spacial score (nSPS) is 14.9. The minimum Gasteiger partial charge on any atom is -0.408 e. The number of hydrogen-bond acceptors (Lipinski definition) is 5. The fourth-order valence-corrected chi connectivity index (χ4v) is 5.22. The van der Waals surface area contributed by atoms with E-state index in [9.17, 15) is 18.0 Å². The van der Waals surface area contributed by atoms with Crippen molar-refractivity contribution in [1.29, 1.82) is 0 Å². The molecule has 164 valence electrons. The summed E-state index contributed by atoms with van der Waals surface area (Å²) in [6, 6.07) is 13.8. The molecule has 0 bridgehead atoms. The van der Waals surface area contributed by atoms with Crippen molar-refractivity contribution in [2.24, 2.45) is 0 Å². The zero-order valence-electron chi connectivity index (χ0n) is 17.3. The number of fused-ring (bicyclic) bond motifs is 1. The summed E-state index contributed by atoms with van der Waals surface area (Å²) in [5.74, 6) is -0.956. The second-order valence-corrected chi connectivity index (χ2v) is 9.64. The van der Waals surface area contributed by atoms with E-state index in [1.165, 1.54) is 27.7 Å². The maximum Gasteiger partial charge on any atom is 0.420 e. The van der Waals surface area contributed by atoms with Crippen LogP contribution in [0.5, 0.6) is 0 Å². The molecule has 1 heterocycles. The summed E-state index contributed by atoms with van der Waals surface area (Å²) in [4.78, 5) is 26.6. The number of sulfonamides is 1. The number of likely N-dealkylation sites (N-methyl/N-ethyl adjacent to an activating group) is 1. The average Bonchev–Trinajstić information content (AvgIpc) is 3.35. The lowest BCUT2D eigenvalue weighted by atomic mass is 10.2. The maximum atomic E-state index is 12.7. The Balaban J connectivity index is 1.53. The zero-order valence-corrected chi connectivity index (χ0v) is 18.1. The number of carbonyl (C=O) groups excluding carboxylic acids is 1. The van der Waals surface area contributed by atoms with Crippen LogP contribution in [0, 0.1) is 0 Å². The van der Waals surface area contributed by atoms with E-state index in [1.807, 2.05) is 30.3 Å². The van der Waals surface area contributed by atoms with Gasteiger partial charge in [-0.1, -0.05) is 43.2 Å². The van der Waals surface area contributed by atoms with E-state index in [0.29, 0.717) is 12.1 Å². The lowest BCUT2D eigenvalue weighted by Gasteiger charge is -2.17. The summed E-state index contributed by atoms with van der Waals surface area (Å²) < 4.78 is 34.5. The molecular formula is C22H25N3O5S. The quantitative estimate of drug-likeness (QED) is 0.604. The van der Waals surface area contributed by atoms with Gasteiger partial charge in [0, 0.05) is 25.7 Å². The van der Waals surface area contributed by atoms with Crippen LogP contribution < -0.4 is 10.5 Å². The summed E-state index contributed by atoms with van der Waals surface area (Å²) in [5, 5.41) is 0. The van der Waals surface area contributed by atoms with E-state index in [1.54, 1.807) is 7.05 Å². The van der Waals surface area contributed by atoms with Crippen LogP contribution in [0.25, 0.3) is 11.1 Å². The highest BCUT2D eigenvalue weighted by Gasteiger charge is 2.24. The molecule has 0 saturated heterocycles. The average molecular weight is 444 g/mol. The van der Waals surface area contributed by atoms with E-state index in [2.05, 4.69) is 4.72 Å². The lowest BCUT2D eigenvalue weighted by molar-refractivity contribution is -0.131. The lowest BCUT2D eigenvalue weighted by Crippen LogP contribution is -2.32. The van der Waals surface area contributed by atoms with Gasteiger partial charge < -0.3 is 9.32 Å². The number of hydrogen-bond donors (Lipinski definition) is 1. The monoisotopic (exact) mass is 443 g/mol. The molecule has 1 N–H and O–H groups in total. The maximum absolute atomic E-state index is 12.7. The number of aromatic nitrogens is 1. The Kier molecular flexibility index (Phi) is 5.97. The molecule has 0 unspecified atom stereocenters. The number of benzene rings is 2. The van der Waals surface area contributed by atoms with E-state index in [0.717, 1.165) is 31.2 Å². The molecule has 8 nitrogen and oxygen atoms in total. The SMILES string of the molecule is CN(Cc1ccccc1)C(=O)Cn1c(=O)oc2cc(S(=O)(=O)NC3CCCC3)ccc21. The molecule has 0 aliphatic heterocycles. The van der Waals surface area contributed by atoms with Crippen molar-refractivity contribution < 1.29 is 17.6 Å². The van der Waals surface area contributed by atoms with Crippen molar-refractivity contribution in [2.75, 3.05) is 7.05 Å². The van der Waals surface area contributed by atoms with E-state index < -0.39 is 15.8 Å². The zero-order chi connectivity index (χ0) is 22.0. The Morgan fingerprint density at radius 3 is 2.58 bits per heavy atom. The molecule has 1 fully saturated rings. The number of nitrogens with one attached hydrogen (secondary N) is 1. The van der Waals surface area contributed by atoms with Crippen LogP contribution in [0.4, 0.5) is 0 Å². The van der Waals surface area contributed by atoms with Crippen molar-refractivity contribution in [3.05, 3.63) is 64.6 Å². The molecule has 1 amide bonds. The molecule has 1 saturated carbocycles. The first-order valence-electron chi connectivity index (χ1n) is 10.3. The second-order valence-electron chi connectivity index (χ2n) is 7.92. The molecule has 4 rings (SSSR count). The van der Waals surface area contributed by atoms with Gasteiger partial charge in [-0.2, -0.15) is 0 Å². The number of oxazole rings is 1. The summed E-state index contributed by atoms with van der Waals surface area (Å²) >= 11 is 0. The summed E-state index contributed by atoms with van der Waals surface area (Å²) in [7, 11) is -2.04.